The summed E-state index contributed by atoms with van der Waals surface area (Å²) in [7, 11) is 0. The van der Waals surface area contributed by atoms with Crippen molar-refractivity contribution in [2.45, 2.75) is 18.9 Å². The predicted molar refractivity (Wildman–Crippen MR) is 50.9 cm³/mol. The van der Waals surface area contributed by atoms with E-state index in [1.807, 2.05) is 4.57 Å². The number of imidazole rings is 1. The van der Waals surface area contributed by atoms with Gasteiger partial charge in [0.25, 0.3) is 0 Å². The Balaban J connectivity index is 2.02. The fourth-order valence-electron chi connectivity index (χ4n) is 2.67. The van der Waals surface area contributed by atoms with Crippen LogP contribution < -0.4 is 0 Å². The first-order valence-corrected chi connectivity index (χ1v) is 5.13. The molecule has 0 amide bonds. The van der Waals surface area contributed by atoms with Gasteiger partial charge in [-0.2, -0.15) is 0 Å². The molecule has 2 aliphatic carbocycles. The number of aromatic nitrogens is 2. The van der Waals surface area contributed by atoms with Crippen molar-refractivity contribution in [1.29, 1.82) is 0 Å². The highest BCUT2D eigenvalue weighted by Crippen LogP contribution is 2.53. The molecule has 0 bridgehead atoms. The Bertz CT molecular complexity index is 553. The van der Waals surface area contributed by atoms with Crippen molar-refractivity contribution in [3.63, 3.8) is 0 Å². The van der Waals surface area contributed by atoms with E-state index in [0.29, 0.717) is 23.2 Å². The standard InChI is InChI=1S/C11H8N2O2/c14-7-1-2-8(15)10-9(7)12-11-6-3-5(6)4-13(10)11/h1-2,5-6H,3-4H2. The third-order valence-corrected chi connectivity index (χ3v) is 3.52. The zero-order valence-corrected chi connectivity index (χ0v) is 7.93. The third kappa shape index (κ3) is 0.763. The van der Waals surface area contributed by atoms with Crippen LogP contribution in [0.3, 0.4) is 0 Å². The Kier molecular flexibility index (Phi) is 1.06. The molecule has 0 spiro atoms. The second-order valence-corrected chi connectivity index (χ2v) is 4.44. The first kappa shape index (κ1) is 7.56. The average Bonchev–Trinajstić information content (AvgIpc) is 2.72. The van der Waals surface area contributed by atoms with Gasteiger partial charge in [0.05, 0.1) is 0 Å². The molecule has 0 saturated heterocycles. The van der Waals surface area contributed by atoms with Crippen LogP contribution in [-0.4, -0.2) is 21.1 Å². The Labute approximate surface area is 85.6 Å². The van der Waals surface area contributed by atoms with E-state index in [2.05, 4.69) is 4.98 Å². The van der Waals surface area contributed by atoms with Gasteiger partial charge in [-0.25, -0.2) is 4.98 Å². The van der Waals surface area contributed by atoms with Gasteiger partial charge in [-0.05, 0) is 24.5 Å². The number of hydrogen-bond acceptors (Lipinski definition) is 3. The van der Waals surface area contributed by atoms with Crippen LogP contribution in [-0.2, 0) is 6.54 Å². The van der Waals surface area contributed by atoms with Crippen LogP contribution in [0.5, 0.6) is 0 Å². The molecule has 1 aromatic rings. The summed E-state index contributed by atoms with van der Waals surface area (Å²) in [4.78, 5) is 27.5. The molecule has 4 heteroatoms. The maximum atomic E-state index is 11.7. The zero-order chi connectivity index (χ0) is 10.2. The number of fused-ring (bicyclic) bond motifs is 5. The Morgan fingerprint density at radius 3 is 2.93 bits per heavy atom. The number of nitrogens with zero attached hydrogens (tertiary/aromatic N) is 2. The van der Waals surface area contributed by atoms with Crippen LogP contribution in [0.4, 0.5) is 0 Å². The lowest BCUT2D eigenvalue weighted by Gasteiger charge is -2.07. The van der Waals surface area contributed by atoms with E-state index < -0.39 is 0 Å². The second kappa shape index (κ2) is 2.10. The summed E-state index contributed by atoms with van der Waals surface area (Å²) < 4.78 is 1.94. The molecule has 2 unspecified atom stereocenters. The smallest absolute Gasteiger partial charge is 0.206 e. The van der Waals surface area contributed by atoms with Crippen LogP contribution in [0.2, 0.25) is 0 Å². The summed E-state index contributed by atoms with van der Waals surface area (Å²) in [5.74, 6) is 1.92. The number of hydrogen-bond donors (Lipinski definition) is 0. The number of carbonyl (C=O) groups is 2. The van der Waals surface area contributed by atoms with Gasteiger partial charge in [0.1, 0.15) is 17.2 Å². The molecular weight excluding hydrogens is 192 g/mol. The van der Waals surface area contributed by atoms with E-state index in [0.717, 1.165) is 12.4 Å². The van der Waals surface area contributed by atoms with E-state index in [4.69, 9.17) is 0 Å². The van der Waals surface area contributed by atoms with Gasteiger partial charge < -0.3 is 4.57 Å². The lowest BCUT2D eigenvalue weighted by molar-refractivity contribution is 0.0986. The molecular formula is C11H8N2O2. The largest absolute Gasteiger partial charge is 0.324 e. The highest BCUT2D eigenvalue weighted by atomic mass is 16.1. The van der Waals surface area contributed by atoms with Gasteiger partial charge in [-0.15, -0.1) is 0 Å². The number of ketones is 2. The quantitative estimate of drug-likeness (QED) is 0.626. The van der Waals surface area contributed by atoms with Crippen molar-refractivity contribution in [2.75, 3.05) is 0 Å². The fraction of sp³-hybridized carbons (Fsp3) is 0.364. The summed E-state index contributed by atoms with van der Waals surface area (Å²) in [6.07, 6.45) is 3.84. The van der Waals surface area contributed by atoms with Gasteiger partial charge in [-0.3, -0.25) is 9.59 Å². The Morgan fingerprint density at radius 1 is 1.27 bits per heavy atom. The number of rotatable bonds is 0. The van der Waals surface area contributed by atoms with Crippen molar-refractivity contribution in [2.24, 2.45) is 5.92 Å². The molecule has 15 heavy (non-hydrogen) atoms. The minimum atomic E-state index is -0.135. The van der Waals surface area contributed by atoms with E-state index in [9.17, 15) is 9.59 Å². The number of allylic oxidation sites excluding steroid dienone is 2. The maximum absolute atomic E-state index is 11.7. The lowest BCUT2D eigenvalue weighted by Crippen LogP contribution is -2.15. The molecule has 2 atom stereocenters. The van der Waals surface area contributed by atoms with Crippen LogP contribution in [0.25, 0.3) is 0 Å². The van der Waals surface area contributed by atoms with Crippen LogP contribution in [0.15, 0.2) is 12.2 Å². The van der Waals surface area contributed by atoms with Crippen molar-refractivity contribution in [3.8, 4) is 0 Å². The first-order chi connectivity index (χ1) is 7.25. The molecule has 1 aliphatic heterocycles. The topological polar surface area (TPSA) is 52.0 Å². The maximum Gasteiger partial charge on any atom is 0.206 e. The summed E-state index contributed by atoms with van der Waals surface area (Å²) in [5.41, 5.74) is 0.882. The van der Waals surface area contributed by atoms with E-state index in [1.165, 1.54) is 18.6 Å². The average molecular weight is 200 g/mol. The van der Waals surface area contributed by atoms with Crippen LogP contribution in [0, 0.1) is 5.92 Å². The minimum absolute atomic E-state index is 0.0790. The summed E-state index contributed by atoms with van der Waals surface area (Å²) in [6.45, 7) is 0.870. The molecule has 1 aromatic heterocycles. The molecule has 4 rings (SSSR count). The van der Waals surface area contributed by atoms with Gasteiger partial charge in [0, 0.05) is 12.5 Å². The highest BCUT2D eigenvalue weighted by Gasteiger charge is 2.49. The van der Waals surface area contributed by atoms with E-state index >= 15 is 0 Å². The normalized spacial score (nSPS) is 30.1. The summed E-state index contributed by atoms with van der Waals surface area (Å²) in [5, 5.41) is 0. The number of carbonyl (C=O) groups excluding carboxylic acids is 2. The second-order valence-electron chi connectivity index (χ2n) is 4.44. The molecule has 1 saturated carbocycles. The Hall–Kier alpha value is -1.71. The molecule has 0 radical (unpaired) electrons. The Morgan fingerprint density at radius 2 is 2.07 bits per heavy atom. The lowest BCUT2D eigenvalue weighted by atomic mass is 10.1. The monoisotopic (exact) mass is 200 g/mol. The molecule has 2 heterocycles. The van der Waals surface area contributed by atoms with Crippen LogP contribution in [0.1, 0.15) is 39.1 Å². The highest BCUT2D eigenvalue weighted by molar-refractivity contribution is 6.20. The zero-order valence-electron chi connectivity index (χ0n) is 7.93. The summed E-state index contributed by atoms with van der Waals surface area (Å²) >= 11 is 0. The van der Waals surface area contributed by atoms with Gasteiger partial charge >= 0.3 is 0 Å². The van der Waals surface area contributed by atoms with E-state index in [-0.39, 0.29) is 11.6 Å². The molecule has 4 nitrogen and oxygen atoms in total. The minimum Gasteiger partial charge on any atom is -0.324 e. The molecule has 0 N–H and O–H groups in total. The van der Waals surface area contributed by atoms with E-state index in [1.54, 1.807) is 0 Å². The first-order valence-electron chi connectivity index (χ1n) is 5.13. The van der Waals surface area contributed by atoms with Gasteiger partial charge in [0.2, 0.25) is 11.6 Å². The molecule has 0 aromatic carbocycles. The van der Waals surface area contributed by atoms with Crippen LogP contribution >= 0.6 is 0 Å². The van der Waals surface area contributed by atoms with Crippen molar-refractivity contribution in [1.82, 2.24) is 9.55 Å². The van der Waals surface area contributed by atoms with Crippen molar-refractivity contribution in [3.05, 3.63) is 29.4 Å². The predicted octanol–water partition coefficient (Wildman–Crippen LogP) is 0.935. The van der Waals surface area contributed by atoms with Gasteiger partial charge in [-0.1, -0.05) is 0 Å². The van der Waals surface area contributed by atoms with Crippen molar-refractivity contribution >= 4 is 11.6 Å². The van der Waals surface area contributed by atoms with Gasteiger partial charge in [0.15, 0.2) is 0 Å². The van der Waals surface area contributed by atoms with Crippen molar-refractivity contribution < 1.29 is 9.59 Å². The molecule has 3 aliphatic rings. The molecule has 1 fully saturated rings. The fourth-order valence-corrected chi connectivity index (χ4v) is 2.67. The summed E-state index contributed by atoms with van der Waals surface area (Å²) in [6, 6.07) is 0. The SMILES string of the molecule is O=C1C=CC(=O)c2c1nc1n2CC2CC12. The third-order valence-electron chi connectivity index (χ3n) is 3.52. The molecule has 74 valence electrons.